The Morgan fingerprint density at radius 1 is 1.14 bits per heavy atom. The number of nitrogens with one attached hydrogen (secondary N) is 2. The number of rotatable bonds is 8. The summed E-state index contributed by atoms with van der Waals surface area (Å²) >= 11 is 5.81. The molecule has 1 aromatic carbocycles. The highest BCUT2D eigenvalue weighted by Gasteiger charge is 2.35. The van der Waals surface area contributed by atoms with Crippen LogP contribution in [-0.2, 0) is 20.9 Å². The van der Waals surface area contributed by atoms with Crippen LogP contribution < -0.4 is 10.6 Å². The van der Waals surface area contributed by atoms with E-state index in [0.717, 1.165) is 5.56 Å². The number of halogens is 1. The van der Waals surface area contributed by atoms with E-state index >= 15 is 0 Å². The maximum absolute atomic E-state index is 12.2. The number of carbonyl (C=O) groups excluding carboxylic acids is 2. The van der Waals surface area contributed by atoms with E-state index in [0.29, 0.717) is 31.1 Å². The van der Waals surface area contributed by atoms with Gasteiger partial charge in [-0.2, -0.15) is 0 Å². The second-order valence-corrected chi connectivity index (χ2v) is 5.97. The lowest BCUT2D eigenvalue weighted by atomic mass is 9.91. The number of hydrogen-bond donors (Lipinski definition) is 2. The van der Waals surface area contributed by atoms with Crippen molar-refractivity contribution in [1.29, 1.82) is 0 Å². The zero-order chi connectivity index (χ0) is 16.6. The van der Waals surface area contributed by atoms with Gasteiger partial charge in [0.2, 0.25) is 11.8 Å². The Hall–Kier alpha value is -1.59. The van der Waals surface area contributed by atoms with E-state index in [1.54, 1.807) is 33.1 Å². The SMILES string of the molecule is COCCCNC(=O)C(C)(C)C(=O)NCc1ccc(Cl)cc1. The fourth-order valence-electron chi connectivity index (χ4n) is 1.75. The minimum atomic E-state index is -1.13. The second kappa shape index (κ2) is 8.76. The van der Waals surface area contributed by atoms with Gasteiger partial charge in [0.05, 0.1) is 0 Å². The molecule has 0 heterocycles. The molecule has 0 spiro atoms. The first-order valence-electron chi connectivity index (χ1n) is 7.18. The van der Waals surface area contributed by atoms with E-state index in [2.05, 4.69) is 10.6 Å². The standard InChI is InChI=1S/C16H23ClN2O3/c1-16(2,14(20)18-9-4-10-22-3)15(21)19-11-12-5-7-13(17)8-6-12/h5-8H,4,9-11H2,1-3H3,(H,18,20)(H,19,21). The quantitative estimate of drug-likeness (QED) is 0.568. The number of ether oxygens (including phenoxy) is 1. The lowest BCUT2D eigenvalue weighted by molar-refractivity contribution is -0.141. The van der Waals surface area contributed by atoms with Crippen LogP contribution in [0.15, 0.2) is 24.3 Å². The third-order valence-electron chi connectivity index (χ3n) is 3.31. The molecule has 0 atom stereocenters. The molecular formula is C16H23ClN2O3. The highest BCUT2D eigenvalue weighted by molar-refractivity contribution is 6.30. The summed E-state index contributed by atoms with van der Waals surface area (Å²) in [5.74, 6) is -0.607. The molecule has 22 heavy (non-hydrogen) atoms. The van der Waals surface area contributed by atoms with Crippen molar-refractivity contribution >= 4 is 23.4 Å². The van der Waals surface area contributed by atoms with Crippen molar-refractivity contribution in [2.75, 3.05) is 20.3 Å². The summed E-state index contributed by atoms with van der Waals surface area (Å²) in [4.78, 5) is 24.3. The van der Waals surface area contributed by atoms with E-state index in [1.807, 2.05) is 12.1 Å². The molecule has 0 aliphatic carbocycles. The Labute approximate surface area is 136 Å². The molecule has 2 amide bonds. The van der Waals surface area contributed by atoms with E-state index in [4.69, 9.17) is 16.3 Å². The van der Waals surface area contributed by atoms with Gasteiger partial charge < -0.3 is 15.4 Å². The number of benzene rings is 1. The molecule has 0 bridgehead atoms. The van der Waals surface area contributed by atoms with Crippen molar-refractivity contribution in [3.63, 3.8) is 0 Å². The van der Waals surface area contributed by atoms with Crippen LogP contribution in [0.25, 0.3) is 0 Å². The maximum Gasteiger partial charge on any atom is 0.235 e. The minimum Gasteiger partial charge on any atom is -0.385 e. The number of amides is 2. The van der Waals surface area contributed by atoms with E-state index < -0.39 is 5.41 Å². The Kier molecular flexibility index (Phi) is 7.35. The molecule has 6 heteroatoms. The van der Waals surface area contributed by atoms with Gasteiger partial charge in [0.15, 0.2) is 0 Å². The van der Waals surface area contributed by atoms with Gasteiger partial charge in [0, 0.05) is 31.8 Å². The first-order valence-corrected chi connectivity index (χ1v) is 7.55. The monoisotopic (exact) mass is 326 g/mol. The summed E-state index contributed by atoms with van der Waals surface area (Å²) in [6.45, 7) is 4.63. The van der Waals surface area contributed by atoms with Gasteiger partial charge in [0.1, 0.15) is 5.41 Å². The van der Waals surface area contributed by atoms with Crippen LogP contribution in [-0.4, -0.2) is 32.1 Å². The predicted octanol–water partition coefficient (Wildman–Crippen LogP) is 2.14. The van der Waals surface area contributed by atoms with Gasteiger partial charge in [-0.25, -0.2) is 0 Å². The van der Waals surface area contributed by atoms with E-state index in [-0.39, 0.29) is 11.8 Å². The lowest BCUT2D eigenvalue weighted by Gasteiger charge is -2.22. The van der Waals surface area contributed by atoms with Crippen molar-refractivity contribution in [2.45, 2.75) is 26.8 Å². The molecule has 0 aromatic heterocycles. The van der Waals surface area contributed by atoms with E-state index in [9.17, 15) is 9.59 Å². The van der Waals surface area contributed by atoms with Crippen LogP contribution in [0.5, 0.6) is 0 Å². The van der Waals surface area contributed by atoms with Crippen LogP contribution in [0.2, 0.25) is 5.02 Å². The van der Waals surface area contributed by atoms with Gasteiger partial charge in [-0.3, -0.25) is 9.59 Å². The van der Waals surface area contributed by atoms with Gasteiger partial charge in [-0.1, -0.05) is 23.7 Å². The largest absolute Gasteiger partial charge is 0.385 e. The second-order valence-electron chi connectivity index (χ2n) is 5.54. The Morgan fingerprint density at radius 2 is 1.73 bits per heavy atom. The summed E-state index contributed by atoms with van der Waals surface area (Å²) < 4.78 is 4.91. The fraction of sp³-hybridized carbons (Fsp3) is 0.500. The third-order valence-corrected chi connectivity index (χ3v) is 3.56. The van der Waals surface area contributed by atoms with Gasteiger partial charge in [-0.05, 0) is 38.0 Å². The molecule has 1 aromatic rings. The topological polar surface area (TPSA) is 67.4 Å². The Bertz CT molecular complexity index is 501. The number of methoxy groups -OCH3 is 1. The summed E-state index contributed by atoms with van der Waals surface area (Å²) in [6.07, 6.45) is 0.713. The molecule has 0 unspecified atom stereocenters. The molecule has 0 radical (unpaired) electrons. The fourth-order valence-corrected chi connectivity index (χ4v) is 1.87. The van der Waals surface area contributed by atoms with Gasteiger partial charge in [-0.15, -0.1) is 0 Å². The summed E-state index contributed by atoms with van der Waals surface area (Å²) in [6, 6.07) is 7.19. The highest BCUT2D eigenvalue weighted by atomic mass is 35.5. The zero-order valence-electron chi connectivity index (χ0n) is 13.2. The molecule has 0 aliphatic rings. The molecule has 2 N–H and O–H groups in total. The highest BCUT2D eigenvalue weighted by Crippen LogP contribution is 2.16. The van der Waals surface area contributed by atoms with E-state index in [1.165, 1.54) is 0 Å². The number of hydrogen-bond acceptors (Lipinski definition) is 3. The summed E-state index contributed by atoms with van der Waals surface area (Å²) in [5.41, 5.74) is -0.200. The van der Waals surface area contributed by atoms with Crippen LogP contribution in [0, 0.1) is 5.41 Å². The summed E-state index contributed by atoms with van der Waals surface area (Å²) in [7, 11) is 1.61. The van der Waals surface area contributed by atoms with Crippen LogP contribution in [0.3, 0.4) is 0 Å². The van der Waals surface area contributed by atoms with Crippen LogP contribution in [0.4, 0.5) is 0 Å². The van der Waals surface area contributed by atoms with Crippen molar-refractivity contribution in [2.24, 2.45) is 5.41 Å². The molecule has 122 valence electrons. The lowest BCUT2D eigenvalue weighted by Crippen LogP contribution is -2.47. The smallest absolute Gasteiger partial charge is 0.235 e. The molecule has 1 rings (SSSR count). The normalized spacial score (nSPS) is 11.1. The van der Waals surface area contributed by atoms with Crippen molar-refractivity contribution in [1.82, 2.24) is 10.6 Å². The third kappa shape index (κ3) is 5.66. The molecular weight excluding hydrogens is 304 g/mol. The predicted molar refractivity (Wildman–Crippen MR) is 86.6 cm³/mol. The van der Waals surface area contributed by atoms with Crippen LogP contribution in [0.1, 0.15) is 25.8 Å². The minimum absolute atomic E-state index is 0.294. The maximum atomic E-state index is 12.2. The average Bonchev–Trinajstić information content (AvgIpc) is 2.50. The Balaban J connectivity index is 2.47. The average molecular weight is 327 g/mol. The zero-order valence-corrected chi connectivity index (χ0v) is 14.0. The molecule has 0 saturated carbocycles. The first kappa shape index (κ1) is 18.5. The first-order chi connectivity index (χ1) is 10.4. The molecule has 0 fully saturated rings. The molecule has 0 aliphatic heterocycles. The van der Waals surface area contributed by atoms with Crippen molar-refractivity contribution in [3.8, 4) is 0 Å². The van der Waals surface area contributed by atoms with Crippen LogP contribution >= 0.6 is 11.6 Å². The van der Waals surface area contributed by atoms with Gasteiger partial charge in [0.25, 0.3) is 0 Å². The molecule has 5 nitrogen and oxygen atoms in total. The number of carbonyl (C=O) groups is 2. The summed E-state index contributed by atoms with van der Waals surface area (Å²) in [5, 5.41) is 6.17. The van der Waals surface area contributed by atoms with Gasteiger partial charge >= 0.3 is 0 Å². The van der Waals surface area contributed by atoms with Crippen molar-refractivity contribution in [3.05, 3.63) is 34.9 Å². The molecule has 0 saturated heterocycles. The van der Waals surface area contributed by atoms with Crippen molar-refractivity contribution < 1.29 is 14.3 Å². The Morgan fingerprint density at radius 3 is 2.32 bits per heavy atom.